The van der Waals surface area contributed by atoms with Crippen LogP contribution in [0.4, 0.5) is 0 Å². The van der Waals surface area contributed by atoms with Crippen molar-refractivity contribution in [2.75, 3.05) is 0 Å². The first-order valence-electron chi connectivity index (χ1n) is 5.74. The van der Waals surface area contributed by atoms with Crippen LogP contribution in [-0.4, -0.2) is 17.1 Å². The first kappa shape index (κ1) is 12.2. The van der Waals surface area contributed by atoms with Crippen molar-refractivity contribution < 1.29 is 9.90 Å². The fourth-order valence-corrected chi connectivity index (χ4v) is 2.02. The third-order valence-electron chi connectivity index (χ3n) is 2.98. The van der Waals surface area contributed by atoms with Crippen LogP contribution in [-0.2, 0) is 11.2 Å². The van der Waals surface area contributed by atoms with Crippen molar-refractivity contribution in [2.45, 2.75) is 18.9 Å². The number of benzene rings is 2. The lowest BCUT2D eigenvalue weighted by Gasteiger charge is -2.07. The number of aryl methyl sites for hydroxylation is 1. The van der Waals surface area contributed by atoms with E-state index < -0.39 is 12.0 Å². The second-order valence-corrected chi connectivity index (χ2v) is 4.14. The molecular weight excluding hydrogens is 230 g/mol. The number of carboxylic acids is 1. The Hall–Kier alpha value is -2.23. The highest BCUT2D eigenvalue weighted by Gasteiger charge is 2.17. The van der Waals surface area contributed by atoms with Gasteiger partial charge in [-0.05, 0) is 29.2 Å². The van der Waals surface area contributed by atoms with E-state index >= 15 is 0 Å². The van der Waals surface area contributed by atoms with E-state index in [2.05, 4.69) is 5.18 Å². The number of nitroso groups, excluding NO2 is 1. The zero-order valence-corrected chi connectivity index (χ0v) is 9.74. The average molecular weight is 243 g/mol. The normalized spacial score (nSPS) is 12.2. The van der Waals surface area contributed by atoms with Gasteiger partial charge in [-0.25, -0.2) is 4.79 Å². The zero-order valence-electron chi connectivity index (χ0n) is 9.74. The maximum atomic E-state index is 10.7. The van der Waals surface area contributed by atoms with E-state index in [1.165, 1.54) is 0 Å². The van der Waals surface area contributed by atoms with Crippen molar-refractivity contribution in [1.82, 2.24) is 0 Å². The van der Waals surface area contributed by atoms with Gasteiger partial charge in [-0.2, -0.15) is 0 Å². The molecule has 0 radical (unpaired) electrons. The van der Waals surface area contributed by atoms with Crippen molar-refractivity contribution >= 4 is 16.7 Å². The van der Waals surface area contributed by atoms with Gasteiger partial charge in [-0.3, -0.25) is 0 Å². The summed E-state index contributed by atoms with van der Waals surface area (Å²) in [6.45, 7) is 0. The van der Waals surface area contributed by atoms with Gasteiger partial charge in [-0.15, -0.1) is 4.91 Å². The standard InChI is InChI=1S/C14H13NO3/c16-14(17)13(15-18)9-8-11-6-3-5-10-4-1-2-7-12(10)11/h1-7,13H,8-9H2,(H,16,17). The zero-order chi connectivity index (χ0) is 13.0. The number of rotatable bonds is 5. The number of aliphatic carboxylic acids is 1. The molecule has 0 bridgehead atoms. The Bertz CT molecular complexity index is 575. The molecule has 4 nitrogen and oxygen atoms in total. The van der Waals surface area contributed by atoms with E-state index in [-0.39, 0.29) is 6.42 Å². The third-order valence-corrected chi connectivity index (χ3v) is 2.98. The van der Waals surface area contributed by atoms with Crippen LogP contribution in [0, 0.1) is 4.91 Å². The third kappa shape index (κ3) is 2.53. The summed E-state index contributed by atoms with van der Waals surface area (Å²) >= 11 is 0. The molecule has 0 aliphatic carbocycles. The van der Waals surface area contributed by atoms with Gasteiger partial charge < -0.3 is 5.11 Å². The monoisotopic (exact) mass is 243 g/mol. The maximum Gasteiger partial charge on any atom is 0.332 e. The summed E-state index contributed by atoms with van der Waals surface area (Å²) in [7, 11) is 0. The summed E-state index contributed by atoms with van der Waals surface area (Å²) in [6, 6.07) is 12.6. The summed E-state index contributed by atoms with van der Waals surface area (Å²) in [5.74, 6) is -1.16. The number of nitrogens with zero attached hydrogens (tertiary/aromatic N) is 1. The SMILES string of the molecule is O=NC(CCc1cccc2ccccc12)C(=O)O. The molecular formula is C14H13NO3. The predicted octanol–water partition coefficient (Wildman–Crippen LogP) is 2.99. The molecule has 2 rings (SSSR count). The van der Waals surface area contributed by atoms with Crippen LogP contribution in [0.3, 0.4) is 0 Å². The van der Waals surface area contributed by atoms with Gasteiger partial charge >= 0.3 is 5.97 Å². The summed E-state index contributed by atoms with van der Waals surface area (Å²) in [5, 5.41) is 13.6. The Labute approximate surface area is 104 Å². The van der Waals surface area contributed by atoms with E-state index in [1.807, 2.05) is 42.5 Å². The van der Waals surface area contributed by atoms with Crippen LogP contribution in [0.1, 0.15) is 12.0 Å². The fourth-order valence-electron chi connectivity index (χ4n) is 2.02. The smallest absolute Gasteiger partial charge is 0.332 e. The molecule has 0 aliphatic heterocycles. The molecule has 18 heavy (non-hydrogen) atoms. The van der Waals surface area contributed by atoms with Gasteiger partial charge in [0.05, 0.1) is 0 Å². The van der Waals surface area contributed by atoms with Crippen molar-refractivity contribution in [1.29, 1.82) is 0 Å². The molecule has 0 amide bonds. The van der Waals surface area contributed by atoms with Crippen molar-refractivity contribution in [2.24, 2.45) is 5.18 Å². The molecule has 4 heteroatoms. The number of carboxylic acid groups (broad SMARTS) is 1. The fraction of sp³-hybridized carbons (Fsp3) is 0.214. The molecule has 2 aromatic carbocycles. The second-order valence-electron chi connectivity index (χ2n) is 4.14. The van der Waals surface area contributed by atoms with Crippen molar-refractivity contribution in [3.63, 3.8) is 0 Å². The quantitative estimate of drug-likeness (QED) is 0.821. The van der Waals surface area contributed by atoms with Gasteiger partial charge in [0.25, 0.3) is 0 Å². The van der Waals surface area contributed by atoms with Gasteiger partial charge in [0.15, 0.2) is 6.04 Å². The molecule has 0 aliphatic rings. The van der Waals surface area contributed by atoms with Crippen LogP contribution in [0.15, 0.2) is 47.6 Å². The predicted molar refractivity (Wildman–Crippen MR) is 69.5 cm³/mol. The summed E-state index contributed by atoms with van der Waals surface area (Å²) in [5.41, 5.74) is 1.04. The summed E-state index contributed by atoms with van der Waals surface area (Å²) in [4.78, 5) is 21.1. The molecule has 92 valence electrons. The van der Waals surface area contributed by atoms with Crippen LogP contribution in [0.2, 0.25) is 0 Å². The molecule has 1 N–H and O–H groups in total. The number of hydrogen-bond acceptors (Lipinski definition) is 3. The molecule has 0 aromatic heterocycles. The van der Waals surface area contributed by atoms with E-state index in [4.69, 9.17) is 5.11 Å². The molecule has 0 spiro atoms. The topological polar surface area (TPSA) is 66.7 Å². The van der Waals surface area contributed by atoms with Crippen LogP contribution < -0.4 is 0 Å². The molecule has 0 saturated carbocycles. The lowest BCUT2D eigenvalue weighted by molar-refractivity contribution is -0.138. The Morgan fingerprint density at radius 1 is 1.17 bits per heavy atom. The van der Waals surface area contributed by atoms with Gasteiger partial charge in [-0.1, -0.05) is 47.6 Å². The van der Waals surface area contributed by atoms with Crippen LogP contribution in [0.25, 0.3) is 10.8 Å². The van der Waals surface area contributed by atoms with Gasteiger partial charge in [0, 0.05) is 0 Å². The molecule has 0 heterocycles. The lowest BCUT2D eigenvalue weighted by Crippen LogP contribution is -2.17. The second kappa shape index (κ2) is 5.40. The minimum absolute atomic E-state index is 0.229. The highest BCUT2D eigenvalue weighted by Crippen LogP contribution is 2.20. The number of fused-ring (bicyclic) bond motifs is 1. The molecule has 0 saturated heterocycles. The molecule has 1 atom stereocenters. The van der Waals surface area contributed by atoms with Crippen LogP contribution >= 0.6 is 0 Å². The molecule has 1 unspecified atom stereocenters. The average Bonchev–Trinajstić information content (AvgIpc) is 2.39. The molecule has 2 aromatic rings. The minimum Gasteiger partial charge on any atom is -0.480 e. The summed E-state index contributed by atoms with van der Waals surface area (Å²) in [6.07, 6.45) is 0.761. The van der Waals surface area contributed by atoms with Crippen LogP contribution in [0.5, 0.6) is 0 Å². The lowest BCUT2D eigenvalue weighted by atomic mass is 9.99. The van der Waals surface area contributed by atoms with Gasteiger partial charge in [0.1, 0.15) is 0 Å². The highest BCUT2D eigenvalue weighted by molar-refractivity contribution is 5.85. The number of hydrogen-bond donors (Lipinski definition) is 1. The van der Waals surface area contributed by atoms with Gasteiger partial charge in [0.2, 0.25) is 0 Å². The number of carbonyl (C=O) groups is 1. The van der Waals surface area contributed by atoms with E-state index in [9.17, 15) is 9.70 Å². The first-order valence-corrected chi connectivity index (χ1v) is 5.74. The largest absolute Gasteiger partial charge is 0.480 e. The van der Waals surface area contributed by atoms with E-state index in [0.29, 0.717) is 6.42 Å². The van der Waals surface area contributed by atoms with E-state index in [1.54, 1.807) is 0 Å². The molecule has 0 fully saturated rings. The Morgan fingerprint density at radius 3 is 2.61 bits per heavy atom. The van der Waals surface area contributed by atoms with Crippen molar-refractivity contribution in [3.8, 4) is 0 Å². The minimum atomic E-state index is -1.16. The maximum absolute atomic E-state index is 10.7. The Balaban J connectivity index is 2.22. The Morgan fingerprint density at radius 2 is 1.89 bits per heavy atom. The Kier molecular flexibility index (Phi) is 3.67. The first-order chi connectivity index (χ1) is 8.72. The van der Waals surface area contributed by atoms with E-state index in [0.717, 1.165) is 16.3 Å². The summed E-state index contributed by atoms with van der Waals surface area (Å²) < 4.78 is 0. The highest BCUT2D eigenvalue weighted by atomic mass is 16.4. The van der Waals surface area contributed by atoms with Crippen molar-refractivity contribution in [3.05, 3.63) is 52.9 Å².